The van der Waals surface area contributed by atoms with Crippen LogP contribution in [-0.2, 0) is 21.2 Å². The van der Waals surface area contributed by atoms with E-state index in [0.29, 0.717) is 22.9 Å². The second-order valence-corrected chi connectivity index (χ2v) is 10.5. The van der Waals surface area contributed by atoms with Crippen molar-refractivity contribution in [2.24, 2.45) is 0 Å². The van der Waals surface area contributed by atoms with Crippen LogP contribution in [0.1, 0.15) is 38.4 Å². The Balaban J connectivity index is 1.49. The first kappa shape index (κ1) is 21.7. The molecule has 2 aromatic heterocycles. The first-order valence-corrected chi connectivity index (χ1v) is 12.9. The number of furan rings is 1. The van der Waals surface area contributed by atoms with Crippen LogP contribution in [0.5, 0.6) is 0 Å². The molecule has 1 amide bonds. The highest BCUT2D eigenvalue weighted by atomic mass is 32.2. The van der Waals surface area contributed by atoms with E-state index in [1.54, 1.807) is 24.2 Å². The van der Waals surface area contributed by atoms with Crippen LogP contribution in [0.4, 0.5) is 0 Å². The molecule has 0 radical (unpaired) electrons. The average molecular weight is 461 g/mol. The Morgan fingerprint density at radius 1 is 1.26 bits per heavy atom. The zero-order valence-corrected chi connectivity index (χ0v) is 18.9. The lowest BCUT2D eigenvalue weighted by atomic mass is 10.0. The lowest BCUT2D eigenvalue weighted by Crippen LogP contribution is -2.32. The van der Waals surface area contributed by atoms with Crippen molar-refractivity contribution in [3.63, 3.8) is 0 Å². The smallest absolute Gasteiger partial charge is 0.257 e. The number of oxazole rings is 1. The highest BCUT2D eigenvalue weighted by Crippen LogP contribution is 2.28. The van der Waals surface area contributed by atoms with Crippen LogP contribution < -0.4 is 0 Å². The van der Waals surface area contributed by atoms with E-state index < -0.39 is 9.84 Å². The summed E-state index contributed by atoms with van der Waals surface area (Å²) in [5, 5.41) is 0.338. The minimum atomic E-state index is -3.32. The van der Waals surface area contributed by atoms with Crippen LogP contribution in [0.25, 0.3) is 11.1 Å². The van der Waals surface area contributed by atoms with Crippen molar-refractivity contribution in [3.05, 3.63) is 54.1 Å². The molecule has 0 saturated carbocycles. The second-order valence-electron chi connectivity index (χ2n) is 7.30. The van der Waals surface area contributed by atoms with Gasteiger partial charge in [0.25, 0.3) is 5.22 Å². The van der Waals surface area contributed by atoms with Crippen LogP contribution in [-0.4, -0.2) is 35.7 Å². The molecule has 9 heteroatoms. The first-order chi connectivity index (χ1) is 15.0. The maximum atomic E-state index is 13.1. The van der Waals surface area contributed by atoms with Crippen LogP contribution in [0.3, 0.4) is 0 Å². The zero-order chi connectivity index (χ0) is 21.8. The Kier molecular flexibility index (Phi) is 6.52. The van der Waals surface area contributed by atoms with Gasteiger partial charge < -0.3 is 13.7 Å². The molecule has 0 aliphatic heterocycles. The SMILES string of the molecule is CCS(=O)(=O)c1ccc2oc(SCC(=O)N(Cc3ccco3)C3=CCCCC3)nc2c1. The molecule has 0 saturated heterocycles. The molecule has 0 unspecified atom stereocenters. The number of thioether (sulfide) groups is 1. The fourth-order valence-electron chi connectivity index (χ4n) is 3.48. The van der Waals surface area contributed by atoms with Crippen LogP contribution in [0, 0.1) is 0 Å². The quantitative estimate of drug-likeness (QED) is 0.446. The lowest BCUT2D eigenvalue weighted by Gasteiger charge is -2.26. The van der Waals surface area contributed by atoms with Gasteiger partial charge >= 0.3 is 0 Å². The topological polar surface area (TPSA) is 93.6 Å². The second kappa shape index (κ2) is 9.32. The van der Waals surface area contributed by atoms with Crippen molar-refractivity contribution in [2.75, 3.05) is 11.5 Å². The number of allylic oxidation sites excluding steroid dienone is 2. The predicted molar refractivity (Wildman–Crippen MR) is 118 cm³/mol. The van der Waals surface area contributed by atoms with Crippen LogP contribution >= 0.6 is 11.8 Å². The number of hydrogen-bond acceptors (Lipinski definition) is 7. The fraction of sp³-hybridized carbons (Fsp3) is 0.364. The molecule has 3 aromatic rings. The number of amides is 1. The van der Waals surface area contributed by atoms with Crippen molar-refractivity contribution in [3.8, 4) is 0 Å². The molecule has 0 bridgehead atoms. The maximum Gasteiger partial charge on any atom is 0.257 e. The van der Waals surface area contributed by atoms with E-state index in [1.807, 2.05) is 12.1 Å². The number of rotatable bonds is 8. The third-order valence-corrected chi connectivity index (χ3v) is 7.75. The number of carbonyl (C=O) groups is 1. The summed E-state index contributed by atoms with van der Waals surface area (Å²) in [6.07, 6.45) is 7.78. The van der Waals surface area contributed by atoms with Gasteiger partial charge in [-0.2, -0.15) is 0 Å². The highest BCUT2D eigenvalue weighted by molar-refractivity contribution is 7.99. The number of sulfone groups is 1. The number of nitrogens with zero attached hydrogens (tertiary/aromatic N) is 2. The Morgan fingerprint density at radius 3 is 2.84 bits per heavy atom. The molecule has 2 heterocycles. The van der Waals surface area contributed by atoms with Gasteiger partial charge in [-0.05, 0) is 56.0 Å². The van der Waals surface area contributed by atoms with E-state index in [0.717, 1.165) is 37.1 Å². The molecule has 4 rings (SSSR count). The van der Waals surface area contributed by atoms with E-state index in [4.69, 9.17) is 8.83 Å². The minimum Gasteiger partial charge on any atom is -0.467 e. The Labute approximate surface area is 185 Å². The number of aromatic nitrogens is 1. The molecule has 0 atom stereocenters. The Hall–Kier alpha value is -2.52. The summed E-state index contributed by atoms with van der Waals surface area (Å²) in [6, 6.07) is 8.31. The van der Waals surface area contributed by atoms with E-state index in [9.17, 15) is 13.2 Å². The van der Waals surface area contributed by atoms with Gasteiger partial charge in [0.05, 0.1) is 29.2 Å². The average Bonchev–Trinajstić information content (AvgIpc) is 3.45. The summed E-state index contributed by atoms with van der Waals surface area (Å²) in [5.41, 5.74) is 1.99. The maximum absolute atomic E-state index is 13.1. The number of carbonyl (C=O) groups excluding carboxylic acids is 1. The van der Waals surface area contributed by atoms with Gasteiger partial charge in [-0.1, -0.05) is 24.8 Å². The molecule has 7 nitrogen and oxygen atoms in total. The van der Waals surface area contributed by atoms with Crippen molar-refractivity contribution in [2.45, 2.75) is 49.3 Å². The summed E-state index contributed by atoms with van der Waals surface area (Å²) in [4.78, 5) is 19.4. The van der Waals surface area contributed by atoms with Gasteiger partial charge in [0.1, 0.15) is 11.3 Å². The zero-order valence-electron chi connectivity index (χ0n) is 17.2. The molecule has 1 aromatic carbocycles. The Morgan fingerprint density at radius 2 is 2.13 bits per heavy atom. The lowest BCUT2D eigenvalue weighted by molar-refractivity contribution is -0.127. The minimum absolute atomic E-state index is 0.0216. The number of fused-ring (bicyclic) bond motifs is 1. The summed E-state index contributed by atoms with van der Waals surface area (Å²) >= 11 is 1.20. The molecular formula is C22H24N2O5S2. The molecular weight excluding hydrogens is 436 g/mol. The molecule has 0 fully saturated rings. The summed E-state index contributed by atoms with van der Waals surface area (Å²) in [6.45, 7) is 2.00. The molecule has 164 valence electrons. The third kappa shape index (κ3) is 5.04. The third-order valence-electron chi connectivity index (χ3n) is 5.21. The monoisotopic (exact) mass is 460 g/mol. The molecule has 0 spiro atoms. The van der Waals surface area contributed by atoms with Gasteiger partial charge in [-0.25, -0.2) is 13.4 Å². The molecule has 1 aliphatic carbocycles. The molecule has 1 aliphatic rings. The summed E-state index contributed by atoms with van der Waals surface area (Å²) in [5.74, 6) is 0.862. The Bertz CT molecular complexity index is 1200. The summed E-state index contributed by atoms with van der Waals surface area (Å²) < 4.78 is 35.3. The van der Waals surface area contributed by atoms with E-state index in [2.05, 4.69) is 11.1 Å². The summed E-state index contributed by atoms with van der Waals surface area (Å²) in [7, 11) is -3.32. The van der Waals surface area contributed by atoms with Gasteiger partial charge in [-0.3, -0.25) is 4.79 Å². The number of hydrogen-bond donors (Lipinski definition) is 0. The molecule has 0 N–H and O–H groups in total. The highest BCUT2D eigenvalue weighted by Gasteiger charge is 2.22. The predicted octanol–water partition coefficient (Wildman–Crippen LogP) is 4.79. The normalized spacial score (nSPS) is 14.5. The van der Waals surface area contributed by atoms with E-state index in [1.165, 1.54) is 23.9 Å². The van der Waals surface area contributed by atoms with Gasteiger partial charge in [0, 0.05) is 5.70 Å². The van der Waals surface area contributed by atoms with E-state index in [-0.39, 0.29) is 22.3 Å². The van der Waals surface area contributed by atoms with Gasteiger partial charge in [0.2, 0.25) is 5.91 Å². The van der Waals surface area contributed by atoms with Crippen LogP contribution in [0.2, 0.25) is 0 Å². The van der Waals surface area contributed by atoms with Crippen molar-refractivity contribution < 1.29 is 22.0 Å². The van der Waals surface area contributed by atoms with Crippen molar-refractivity contribution in [1.29, 1.82) is 0 Å². The van der Waals surface area contributed by atoms with Gasteiger partial charge in [-0.15, -0.1) is 0 Å². The van der Waals surface area contributed by atoms with Crippen molar-refractivity contribution >= 4 is 38.6 Å². The van der Waals surface area contributed by atoms with Gasteiger partial charge in [0.15, 0.2) is 15.4 Å². The van der Waals surface area contributed by atoms with E-state index >= 15 is 0 Å². The first-order valence-electron chi connectivity index (χ1n) is 10.2. The number of benzene rings is 1. The van der Waals surface area contributed by atoms with Crippen molar-refractivity contribution in [1.82, 2.24) is 9.88 Å². The standard InChI is InChI=1S/C22H24N2O5S2/c1-2-31(26,27)18-10-11-20-19(13-18)23-22(29-20)30-15-21(25)24(14-17-9-6-12-28-17)16-7-4-3-5-8-16/h6-7,9-13H,2-5,8,14-15H2,1H3. The fourth-order valence-corrected chi connectivity index (χ4v) is 5.10. The largest absolute Gasteiger partial charge is 0.467 e. The van der Waals surface area contributed by atoms with Crippen LogP contribution in [0.15, 0.2) is 67.3 Å². The molecule has 31 heavy (non-hydrogen) atoms.